The molecule has 0 saturated carbocycles. The van der Waals surface area contributed by atoms with Crippen LogP contribution in [-0.2, 0) is 28.8 Å². The number of rotatable bonds is 3. The van der Waals surface area contributed by atoms with Crippen LogP contribution in [0.1, 0.15) is 63.8 Å². The van der Waals surface area contributed by atoms with Crippen LogP contribution in [0.5, 0.6) is 0 Å². The number of thioether (sulfide) groups is 1. The van der Waals surface area contributed by atoms with Gasteiger partial charge in [-0.1, -0.05) is 120 Å². The summed E-state index contributed by atoms with van der Waals surface area (Å²) in [6.07, 6.45) is 5.95. The van der Waals surface area contributed by atoms with Crippen molar-refractivity contribution in [3.05, 3.63) is 144 Å². The molecule has 4 aromatic rings. The number of benzene rings is 3. The maximum atomic E-state index is 3.60. The molecule has 0 N–H and O–H groups in total. The molecule has 224 valence electrons. The molecule has 6 rings (SSSR count). The van der Waals surface area contributed by atoms with Crippen LogP contribution in [0.3, 0.4) is 0 Å². The van der Waals surface area contributed by atoms with Crippen molar-refractivity contribution < 1.29 is 23.3 Å². The van der Waals surface area contributed by atoms with Gasteiger partial charge in [0.05, 0.1) is 0 Å². The van der Waals surface area contributed by atoms with Crippen LogP contribution in [0.4, 0.5) is 0 Å². The predicted octanol–water partition coefficient (Wildman–Crippen LogP) is 11.5. The molecule has 0 spiro atoms. The predicted molar refractivity (Wildman–Crippen MR) is 192 cm³/mol. The van der Waals surface area contributed by atoms with E-state index in [0.717, 1.165) is 0 Å². The summed E-state index contributed by atoms with van der Waals surface area (Å²) in [5.41, 5.74) is 12.5. The minimum absolute atomic E-state index is 0. The Bertz CT molecular complexity index is 1610. The van der Waals surface area contributed by atoms with Gasteiger partial charge < -0.3 is 14.9 Å². The Balaban J connectivity index is 0.000000278. The van der Waals surface area contributed by atoms with Crippen molar-refractivity contribution in [1.82, 2.24) is 0 Å². The van der Waals surface area contributed by atoms with E-state index in [4.69, 9.17) is 0 Å². The first kappa shape index (κ1) is 37.1. The van der Waals surface area contributed by atoms with Crippen LogP contribution in [0.2, 0.25) is 0 Å². The summed E-state index contributed by atoms with van der Waals surface area (Å²) in [6, 6.07) is 28.8. The van der Waals surface area contributed by atoms with Gasteiger partial charge in [-0.25, -0.2) is 6.08 Å². The zero-order chi connectivity index (χ0) is 29.9. The average molecular weight is 678 g/mol. The van der Waals surface area contributed by atoms with Gasteiger partial charge in [-0.2, -0.15) is 23.3 Å². The minimum atomic E-state index is 0. The Morgan fingerprint density at radius 3 is 2.09 bits per heavy atom. The van der Waals surface area contributed by atoms with Crippen molar-refractivity contribution in [3.63, 3.8) is 0 Å². The number of aryl methyl sites for hydroxylation is 2. The summed E-state index contributed by atoms with van der Waals surface area (Å²) in [5.74, 6) is 0.547. The molecular formula is C40H46SSiZr-4. The van der Waals surface area contributed by atoms with E-state index in [1.807, 2.05) is 11.8 Å². The molecule has 0 saturated heterocycles. The first-order valence-electron chi connectivity index (χ1n) is 14.4. The van der Waals surface area contributed by atoms with Gasteiger partial charge in [0.1, 0.15) is 0 Å². The Morgan fingerprint density at radius 2 is 1.51 bits per heavy atom. The van der Waals surface area contributed by atoms with E-state index in [1.165, 1.54) is 89.1 Å². The van der Waals surface area contributed by atoms with E-state index in [9.17, 15) is 0 Å². The van der Waals surface area contributed by atoms with Crippen LogP contribution >= 0.6 is 11.8 Å². The molecule has 0 amide bonds. The number of hydrogen-bond acceptors (Lipinski definition) is 1. The van der Waals surface area contributed by atoms with Gasteiger partial charge in [0.15, 0.2) is 0 Å². The third-order valence-corrected chi connectivity index (χ3v) is 8.96. The van der Waals surface area contributed by atoms with E-state index >= 15 is 0 Å². The second kappa shape index (κ2) is 15.8. The summed E-state index contributed by atoms with van der Waals surface area (Å²) in [4.78, 5) is 1.34. The molecule has 1 heterocycles. The van der Waals surface area contributed by atoms with E-state index in [-0.39, 0.29) is 20.3 Å². The first-order valence-corrected chi connectivity index (χ1v) is 19.4. The van der Waals surface area contributed by atoms with Crippen molar-refractivity contribution in [3.8, 4) is 11.1 Å². The van der Waals surface area contributed by atoms with Crippen molar-refractivity contribution >= 4 is 35.0 Å². The first-order chi connectivity index (χ1) is 19.5. The molecule has 1 unspecified atom stereocenters. The summed E-state index contributed by atoms with van der Waals surface area (Å²) >= 11 is 3.30. The summed E-state index contributed by atoms with van der Waals surface area (Å²) in [6.45, 7) is 21.0. The standard InChI is InChI=1S/C21H25S.C17H15.2CH3.Si.Zr/c1-13(2)16-11-18-19(12-16)22-14(3)20(18)15-7-9-17(10-8-15)21(4,5)6;1-12-10-16-13(2)8-9-15(17(16)11-12)14-6-4-3-5-7-14;;;;/h7-11,13-14H,1-6H3;3-11H,1-2H3;2*1H3;;/q4*-1;;. The topological polar surface area (TPSA) is 0 Å². The number of hydrogen-bond donors (Lipinski definition) is 0. The van der Waals surface area contributed by atoms with Crippen LogP contribution in [0.15, 0.2) is 101 Å². The van der Waals surface area contributed by atoms with Crippen LogP contribution in [0.25, 0.3) is 27.5 Å². The van der Waals surface area contributed by atoms with E-state index in [1.54, 1.807) is 0 Å². The fourth-order valence-corrected chi connectivity index (χ4v) is 6.72. The SMILES string of the molecule is CC(C)C1=CC2=C(c3ccc(C(C)(C)C)cc3)C(C)SC2=[C-]1.Cc1cc2c(-c3ccccc3)ccc(C)c2[cH-]1.[CH3-].[CH3-].[Si]=[Zr]. The summed E-state index contributed by atoms with van der Waals surface area (Å²) in [5, 5.41) is 3.26. The Hall–Kier alpha value is -2.06. The summed E-state index contributed by atoms with van der Waals surface area (Å²) < 4.78 is 0. The molecule has 0 bridgehead atoms. The molecule has 2 aliphatic rings. The van der Waals surface area contributed by atoms with E-state index in [2.05, 4.69) is 153 Å². The molecule has 1 aliphatic heterocycles. The average Bonchev–Trinajstić information content (AvgIpc) is 3.63. The maximum absolute atomic E-state index is 3.60. The number of allylic oxidation sites excluding steroid dienone is 4. The molecular weight excluding hydrogens is 632 g/mol. The van der Waals surface area contributed by atoms with Crippen LogP contribution < -0.4 is 0 Å². The van der Waals surface area contributed by atoms with Crippen molar-refractivity contribution in [2.75, 3.05) is 0 Å². The zero-order valence-corrected chi connectivity index (χ0v) is 31.9. The molecule has 43 heavy (non-hydrogen) atoms. The van der Waals surface area contributed by atoms with Gasteiger partial charge in [0.2, 0.25) is 0 Å². The molecule has 0 aromatic heterocycles. The molecule has 1 atom stereocenters. The van der Waals surface area contributed by atoms with Crippen LogP contribution in [0, 0.1) is 40.7 Å². The molecule has 3 heteroatoms. The van der Waals surface area contributed by atoms with Gasteiger partial charge in [0.25, 0.3) is 0 Å². The van der Waals surface area contributed by atoms with E-state index < -0.39 is 0 Å². The van der Waals surface area contributed by atoms with Gasteiger partial charge >= 0.3 is 30.2 Å². The van der Waals surface area contributed by atoms with Crippen molar-refractivity contribution in [2.24, 2.45) is 5.92 Å². The van der Waals surface area contributed by atoms with Crippen molar-refractivity contribution in [1.29, 1.82) is 0 Å². The fourth-order valence-electron chi connectivity index (χ4n) is 5.51. The normalized spacial score (nSPS) is 15.3. The molecule has 4 aromatic carbocycles. The van der Waals surface area contributed by atoms with Crippen molar-refractivity contribution in [2.45, 2.75) is 66.1 Å². The third kappa shape index (κ3) is 8.36. The Morgan fingerprint density at radius 1 is 0.884 bits per heavy atom. The van der Waals surface area contributed by atoms with Gasteiger partial charge in [-0.05, 0) is 34.9 Å². The van der Waals surface area contributed by atoms with Crippen LogP contribution in [-0.4, -0.2) is 12.1 Å². The monoisotopic (exact) mass is 676 g/mol. The Kier molecular flexibility index (Phi) is 13.6. The molecule has 0 fully saturated rings. The van der Waals surface area contributed by atoms with Gasteiger partial charge in [0, 0.05) is 5.25 Å². The van der Waals surface area contributed by atoms with Gasteiger partial charge in [-0.3, -0.25) is 0 Å². The van der Waals surface area contributed by atoms with E-state index in [0.29, 0.717) is 11.2 Å². The molecule has 2 radical (unpaired) electrons. The third-order valence-electron chi connectivity index (χ3n) is 7.81. The number of fused-ring (bicyclic) bond motifs is 2. The molecule has 0 nitrogen and oxygen atoms in total. The quantitative estimate of drug-likeness (QED) is 0.154. The molecule has 1 aliphatic carbocycles. The summed E-state index contributed by atoms with van der Waals surface area (Å²) in [7, 11) is 0. The zero-order valence-electron chi connectivity index (χ0n) is 27.6. The second-order valence-corrected chi connectivity index (χ2v) is 13.6. The fraction of sp³-hybridized carbons (Fsp3) is 0.275. The Labute approximate surface area is 283 Å². The second-order valence-electron chi connectivity index (χ2n) is 12.3. The van der Waals surface area contributed by atoms with Gasteiger partial charge in [-0.15, -0.1) is 50.7 Å².